The molecule has 2 spiro atoms. The molecule has 0 aromatic carbocycles. The number of rotatable bonds is 6. The molecule has 10 fully saturated rings. The molecule has 10 aliphatic rings. The first-order valence-corrected chi connectivity index (χ1v) is 21.4. The summed E-state index contributed by atoms with van der Waals surface area (Å²) in [6.07, 6.45) is 15.5. The molecule has 16 atom stereocenters. The molecule has 4 bridgehead atoms. The van der Waals surface area contributed by atoms with Crippen LogP contribution in [0.4, 0.5) is 0 Å². The molecule has 10 aliphatic carbocycles. The van der Waals surface area contributed by atoms with Crippen molar-refractivity contribution >= 4 is 23.8 Å². The van der Waals surface area contributed by atoms with Gasteiger partial charge in [-0.2, -0.15) is 0 Å². The lowest BCUT2D eigenvalue weighted by Crippen LogP contribution is -2.67. The van der Waals surface area contributed by atoms with Gasteiger partial charge in [0.05, 0.1) is 43.7 Å². The second kappa shape index (κ2) is 13.7. The largest absolute Gasteiger partial charge is 0.481 e. The van der Waals surface area contributed by atoms with Crippen LogP contribution in [-0.4, -0.2) is 65.6 Å². The van der Waals surface area contributed by atoms with Crippen LogP contribution in [0.15, 0.2) is 0 Å². The number of fused-ring (bicyclic) bond motifs is 6. The monoisotopic (exact) mass is 755 g/mol. The van der Waals surface area contributed by atoms with E-state index in [1.54, 1.807) is 0 Å². The third-order valence-electron chi connectivity index (χ3n) is 19.1. The standard InChI is InChI=1S/C22H35NO4.C22H34O5/c2*1-20-7-4-8-21(2,19(26)27-3)15(20)6-10-22-9-5-13(11-16(20)22)14(18(22)25)12-17(23)24/h13-16,18,25H,4-12H2,1-3H3,(H2,23,24);13-16,18,25H,4-12H2,1-3H3,(H,23,24)/t2*13-,14-,15-,16-,18+,20+,21+,22-/m00/s1. The van der Waals surface area contributed by atoms with Gasteiger partial charge < -0.3 is 30.5 Å². The van der Waals surface area contributed by atoms with Gasteiger partial charge >= 0.3 is 17.9 Å². The number of aliphatic carboxylic acids is 1. The van der Waals surface area contributed by atoms with E-state index < -0.39 is 29.0 Å². The predicted molar refractivity (Wildman–Crippen MR) is 201 cm³/mol. The van der Waals surface area contributed by atoms with Gasteiger partial charge in [-0.1, -0.05) is 26.7 Å². The molecule has 0 aromatic heterocycles. The van der Waals surface area contributed by atoms with Crippen molar-refractivity contribution in [3.05, 3.63) is 0 Å². The fourth-order valence-electron chi connectivity index (χ4n) is 16.9. The lowest BCUT2D eigenvalue weighted by atomic mass is 9.35. The number of aliphatic hydroxyl groups excluding tert-OH is 2. The molecule has 0 radical (unpaired) electrons. The lowest BCUT2D eigenvalue weighted by molar-refractivity contribution is -0.246. The van der Waals surface area contributed by atoms with Crippen molar-refractivity contribution in [2.24, 2.45) is 85.6 Å². The normalized spacial score (nSPS) is 51.2. The number of carboxylic acids is 1. The summed E-state index contributed by atoms with van der Waals surface area (Å²) in [7, 11) is 3.00. The maximum atomic E-state index is 12.7. The SMILES string of the molecule is COC(=O)[C@]1(C)CCC[C@@]2(C)[C@@H]3C[C@@H]4CC[C@@]3(CC[C@@H]21)[C@H](O)[C@H]4CC(=O)O.COC(=O)[C@]1(C)CCC[C@@]2(C)[C@@H]3C[C@@H]4CC[C@@]3(CC[C@@H]21)[C@H](O)[C@H]4CC(N)=O. The Balaban J connectivity index is 0.000000167. The lowest BCUT2D eigenvalue weighted by Gasteiger charge is -2.70. The Kier molecular flexibility index (Phi) is 10.2. The zero-order valence-corrected chi connectivity index (χ0v) is 33.9. The first-order chi connectivity index (χ1) is 25.4. The fraction of sp³-hybridized carbons (Fsp3) is 0.909. The number of carbonyl (C=O) groups is 4. The van der Waals surface area contributed by atoms with Crippen LogP contribution in [0.25, 0.3) is 0 Å². The van der Waals surface area contributed by atoms with Crippen LogP contribution < -0.4 is 5.73 Å². The van der Waals surface area contributed by atoms with Crippen LogP contribution >= 0.6 is 0 Å². The summed E-state index contributed by atoms with van der Waals surface area (Å²) in [5.41, 5.74) is 4.45. The Morgan fingerprint density at radius 1 is 0.593 bits per heavy atom. The zero-order chi connectivity index (χ0) is 39.2. The average Bonchev–Trinajstić information content (AvgIpc) is 3.13. The van der Waals surface area contributed by atoms with E-state index in [2.05, 4.69) is 27.7 Å². The minimum absolute atomic E-state index is 0.0169. The van der Waals surface area contributed by atoms with Crippen LogP contribution in [0.3, 0.4) is 0 Å². The van der Waals surface area contributed by atoms with Gasteiger partial charge in [0.25, 0.3) is 0 Å². The summed E-state index contributed by atoms with van der Waals surface area (Å²) < 4.78 is 10.4. The van der Waals surface area contributed by atoms with Crippen molar-refractivity contribution in [2.75, 3.05) is 14.2 Å². The van der Waals surface area contributed by atoms with Crippen molar-refractivity contribution in [1.82, 2.24) is 0 Å². The molecule has 10 saturated carbocycles. The number of primary amides is 1. The van der Waals surface area contributed by atoms with Crippen molar-refractivity contribution in [3.8, 4) is 0 Å². The summed E-state index contributed by atoms with van der Waals surface area (Å²) in [4.78, 5) is 48.4. The summed E-state index contributed by atoms with van der Waals surface area (Å²) in [6.45, 7) is 8.92. The van der Waals surface area contributed by atoms with Crippen LogP contribution in [0, 0.1) is 79.8 Å². The smallest absolute Gasteiger partial charge is 0.311 e. The summed E-state index contributed by atoms with van der Waals surface area (Å²) in [5, 5.41) is 32.1. The van der Waals surface area contributed by atoms with Crippen molar-refractivity contribution in [2.45, 2.75) is 155 Å². The molecule has 5 N–H and O–H groups in total. The molecule has 10 heteroatoms. The second-order valence-electron chi connectivity index (χ2n) is 20.8. The predicted octanol–water partition coefficient (Wildman–Crippen LogP) is 6.67. The molecular weight excluding hydrogens is 686 g/mol. The van der Waals surface area contributed by atoms with Gasteiger partial charge in [-0.15, -0.1) is 0 Å². The van der Waals surface area contributed by atoms with Gasteiger partial charge in [0.2, 0.25) is 5.91 Å². The first-order valence-electron chi connectivity index (χ1n) is 21.4. The number of hydrogen-bond donors (Lipinski definition) is 4. The van der Waals surface area contributed by atoms with Gasteiger partial charge in [0.15, 0.2) is 0 Å². The zero-order valence-electron chi connectivity index (χ0n) is 33.9. The molecule has 0 unspecified atom stereocenters. The molecule has 304 valence electrons. The van der Waals surface area contributed by atoms with Crippen LogP contribution in [0.2, 0.25) is 0 Å². The van der Waals surface area contributed by atoms with E-state index >= 15 is 0 Å². The molecular formula is C44H69NO9. The number of carbonyl (C=O) groups excluding carboxylic acids is 3. The Bertz CT molecular complexity index is 1410. The summed E-state index contributed by atoms with van der Waals surface area (Å²) in [6, 6.07) is 0. The van der Waals surface area contributed by atoms with E-state index in [9.17, 15) is 34.5 Å². The third-order valence-corrected chi connectivity index (χ3v) is 19.1. The highest BCUT2D eigenvalue weighted by Gasteiger charge is 2.70. The van der Waals surface area contributed by atoms with Gasteiger partial charge in [0, 0.05) is 6.42 Å². The van der Waals surface area contributed by atoms with E-state index in [1.807, 2.05) is 0 Å². The highest BCUT2D eigenvalue weighted by Crippen LogP contribution is 2.74. The van der Waals surface area contributed by atoms with E-state index in [0.29, 0.717) is 36.0 Å². The maximum Gasteiger partial charge on any atom is 0.311 e. The maximum absolute atomic E-state index is 12.7. The minimum Gasteiger partial charge on any atom is -0.481 e. The number of aliphatic hydroxyl groups is 2. The number of carboxylic acid groups (broad SMARTS) is 1. The van der Waals surface area contributed by atoms with Gasteiger partial charge in [0.1, 0.15) is 0 Å². The summed E-state index contributed by atoms with van der Waals surface area (Å²) in [5.74, 6) is 0.734. The van der Waals surface area contributed by atoms with Crippen LogP contribution in [0.1, 0.15) is 143 Å². The Labute approximate surface area is 322 Å². The molecule has 0 aliphatic heterocycles. The molecule has 54 heavy (non-hydrogen) atoms. The Hall–Kier alpha value is -2.20. The molecule has 0 aromatic rings. The Morgan fingerprint density at radius 3 is 1.35 bits per heavy atom. The topological polar surface area (TPSA) is 173 Å². The fourth-order valence-corrected chi connectivity index (χ4v) is 16.9. The second-order valence-corrected chi connectivity index (χ2v) is 20.8. The number of methoxy groups -OCH3 is 2. The third kappa shape index (κ3) is 5.58. The molecule has 10 nitrogen and oxygen atoms in total. The molecule has 10 rings (SSSR count). The highest BCUT2D eigenvalue weighted by atomic mass is 16.5. The van der Waals surface area contributed by atoms with E-state index in [1.165, 1.54) is 14.2 Å². The molecule has 0 heterocycles. The van der Waals surface area contributed by atoms with Crippen molar-refractivity contribution in [1.29, 1.82) is 0 Å². The van der Waals surface area contributed by atoms with Crippen molar-refractivity contribution < 1.29 is 44.0 Å². The number of amides is 1. The highest BCUT2D eigenvalue weighted by molar-refractivity contribution is 5.78. The quantitative estimate of drug-likeness (QED) is 0.216. The number of hydrogen-bond acceptors (Lipinski definition) is 8. The molecule has 0 saturated heterocycles. The van der Waals surface area contributed by atoms with E-state index in [-0.39, 0.29) is 63.7 Å². The number of nitrogens with two attached hydrogens (primary N) is 1. The molecule has 1 amide bonds. The number of ether oxygens (including phenoxy) is 2. The summed E-state index contributed by atoms with van der Waals surface area (Å²) >= 11 is 0. The average molecular weight is 756 g/mol. The first kappa shape index (κ1) is 40.0. The number of esters is 2. The van der Waals surface area contributed by atoms with Crippen molar-refractivity contribution in [3.63, 3.8) is 0 Å². The van der Waals surface area contributed by atoms with E-state index in [4.69, 9.17) is 15.2 Å². The van der Waals surface area contributed by atoms with Gasteiger partial charge in [-0.3, -0.25) is 19.2 Å². The van der Waals surface area contributed by atoms with Crippen LogP contribution in [0.5, 0.6) is 0 Å². The minimum atomic E-state index is -0.796. The van der Waals surface area contributed by atoms with E-state index in [0.717, 1.165) is 103 Å². The van der Waals surface area contributed by atoms with Gasteiger partial charge in [-0.25, -0.2) is 0 Å². The Morgan fingerprint density at radius 2 is 0.981 bits per heavy atom. The van der Waals surface area contributed by atoms with Crippen LogP contribution in [-0.2, 0) is 28.7 Å². The van der Waals surface area contributed by atoms with Gasteiger partial charge in [-0.05, 0) is 173 Å².